The van der Waals surface area contributed by atoms with Gasteiger partial charge in [0.1, 0.15) is 0 Å². The van der Waals surface area contributed by atoms with Crippen LogP contribution in [0.5, 0.6) is 0 Å². The summed E-state index contributed by atoms with van der Waals surface area (Å²) >= 11 is 0. The first kappa shape index (κ1) is 15.6. The van der Waals surface area contributed by atoms with Crippen LogP contribution in [0.25, 0.3) is 0 Å². The number of piperidine rings is 1. The number of benzene rings is 1. The van der Waals surface area contributed by atoms with Crippen LogP contribution in [0.1, 0.15) is 31.2 Å². The van der Waals surface area contributed by atoms with Crippen molar-refractivity contribution in [2.75, 3.05) is 18.4 Å². The van der Waals surface area contributed by atoms with Crippen LogP contribution in [0.4, 0.5) is 10.5 Å². The number of urea groups is 1. The average molecular weight is 312 g/mol. The van der Waals surface area contributed by atoms with Gasteiger partial charge in [-0.1, -0.05) is 43.7 Å². The Kier molecular flexibility index (Phi) is 4.65. The molecule has 3 rings (SSSR count). The fourth-order valence-corrected chi connectivity index (χ4v) is 3.46. The highest BCUT2D eigenvalue weighted by molar-refractivity contribution is 5.89. The fourth-order valence-electron chi connectivity index (χ4n) is 3.46. The Bertz CT molecular complexity index is 652. The van der Waals surface area contributed by atoms with Crippen LogP contribution in [0.2, 0.25) is 0 Å². The van der Waals surface area contributed by atoms with Gasteiger partial charge < -0.3 is 10.2 Å². The normalized spacial score (nSPS) is 21.2. The van der Waals surface area contributed by atoms with Crippen molar-refractivity contribution in [3.05, 3.63) is 48.3 Å². The highest BCUT2D eigenvalue weighted by Crippen LogP contribution is 2.34. The Morgan fingerprint density at radius 3 is 2.78 bits per heavy atom. The van der Waals surface area contributed by atoms with Gasteiger partial charge in [-0.15, -0.1) is 0 Å². The number of hydrogen-bond donors (Lipinski definition) is 1. The molecule has 0 bridgehead atoms. The second kappa shape index (κ2) is 6.86. The van der Waals surface area contributed by atoms with Gasteiger partial charge in [0.2, 0.25) is 0 Å². The van der Waals surface area contributed by atoms with Crippen LogP contribution in [-0.4, -0.2) is 33.8 Å². The van der Waals surface area contributed by atoms with E-state index < -0.39 is 0 Å². The first-order chi connectivity index (χ1) is 11.2. The summed E-state index contributed by atoms with van der Waals surface area (Å²) in [6, 6.07) is 10.6. The number of nitrogens with one attached hydrogen (secondary N) is 1. The van der Waals surface area contributed by atoms with E-state index in [4.69, 9.17) is 0 Å². The van der Waals surface area contributed by atoms with Gasteiger partial charge in [0.15, 0.2) is 0 Å². The number of amides is 2. The molecule has 1 aliphatic rings. The van der Waals surface area contributed by atoms with Gasteiger partial charge >= 0.3 is 6.03 Å². The zero-order chi connectivity index (χ0) is 16.2. The summed E-state index contributed by atoms with van der Waals surface area (Å²) in [5.41, 5.74) is 2.14. The van der Waals surface area contributed by atoms with E-state index in [1.54, 1.807) is 10.9 Å². The number of likely N-dealkylation sites (tertiary alicyclic amines) is 1. The summed E-state index contributed by atoms with van der Waals surface area (Å²) in [7, 11) is 1.84. The summed E-state index contributed by atoms with van der Waals surface area (Å²) in [6.45, 7) is 3.81. The van der Waals surface area contributed by atoms with E-state index >= 15 is 0 Å². The summed E-state index contributed by atoms with van der Waals surface area (Å²) < 4.78 is 1.69. The lowest BCUT2D eigenvalue weighted by Gasteiger charge is -2.38. The predicted molar refractivity (Wildman–Crippen MR) is 91.4 cm³/mol. The molecule has 1 aromatic carbocycles. The van der Waals surface area contributed by atoms with Crippen molar-refractivity contribution < 1.29 is 4.79 Å². The van der Waals surface area contributed by atoms with E-state index in [0.717, 1.165) is 31.6 Å². The number of hydrogen-bond acceptors (Lipinski definition) is 2. The largest absolute Gasteiger partial charge is 0.324 e. The molecule has 2 atom stereocenters. The minimum absolute atomic E-state index is 0.0250. The third kappa shape index (κ3) is 3.55. The Morgan fingerprint density at radius 2 is 2.13 bits per heavy atom. The molecule has 23 heavy (non-hydrogen) atoms. The van der Waals surface area contributed by atoms with Gasteiger partial charge in [0, 0.05) is 26.3 Å². The lowest BCUT2D eigenvalue weighted by molar-refractivity contribution is 0.162. The van der Waals surface area contributed by atoms with Crippen molar-refractivity contribution in [2.45, 2.75) is 25.7 Å². The molecule has 0 spiro atoms. The third-order valence-electron chi connectivity index (χ3n) is 4.73. The molecule has 1 N–H and O–H groups in total. The zero-order valence-corrected chi connectivity index (χ0v) is 13.8. The SMILES string of the molecule is CC[C@@H]1CN(C(=O)Nc2cnn(C)c2)CC[C@@H]1c1ccccc1. The number of aromatic nitrogens is 2. The van der Waals surface area contributed by atoms with Crippen LogP contribution in [0.15, 0.2) is 42.7 Å². The molecule has 1 saturated heterocycles. The van der Waals surface area contributed by atoms with Crippen molar-refractivity contribution in [2.24, 2.45) is 13.0 Å². The number of carbonyl (C=O) groups excluding carboxylic acids is 1. The van der Waals surface area contributed by atoms with E-state index in [1.807, 2.05) is 18.1 Å². The number of carbonyl (C=O) groups is 1. The summed E-state index contributed by atoms with van der Waals surface area (Å²) in [5.74, 6) is 1.05. The van der Waals surface area contributed by atoms with Crippen molar-refractivity contribution in [3.63, 3.8) is 0 Å². The molecule has 2 heterocycles. The maximum atomic E-state index is 12.5. The monoisotopic (exact) mass is 312 g/mol. The van der Waals surface area contributed by atoms with Gasteiger partial charge in [-0.05, 0) is 23.8 Å². The molecule has 5 heteroatoms. The molecule has 1 aromatic heterocycles. The molecule has 1 aliphatic heterocycles. The molecule has 0 saturated carbocycles. The van der Waals surface area contributed by atoms with Crippen LogP contribution in [-0.2, 0) is 7.05 Å². The van der Waals surface area contributed by atoms with Gasteiger partial charge in [0.25, 0.3) is 0 Å². The quantitative estimate of drug-likeness (QED) is 0.943. The van der Waals surface area contributed by atoms with E-state index in [-0.39, 0.29) is 6.03 Å². The molecular weight excluding hydrogens is 288 g/mol. The van der Waals surface area contributed by atoms with Crippen LogP contribution in [0.3, 0.4) is 0 Å². The minimum Gasteiger partial charge on any atom is -0.324 e. The van der Waals surface area contributed by atoms with Crippen molar-refractivity contribution >= 4 is 11.7 Å². The minimum atomic E-state index is -0.0250. The Balaban J connectivity index is 1.65. The first-order valence-corrected chi connectivity index (χ1v) is 8.27. The molecule has 0 unspecified atom stereocenters. The second-order valence-electron chi connectivity index (χ2n) is 6.25. The molecule has 0 radical (unpaired) electrons. The maximum absolute atomic E-state index is 12.5. The highest BCUT2D eigenvalue weighted by atomic mass is 16.2. The molecular formula is C18H24N4O. The molecule has 122 valence electrons. The van der Waals surface area contributed by atoms with Crippen LogP contribution in [0, 0.1) is 5.92 Å². The molecule has 5 nitrogen and oxygen atoms in total. The summed E-state index contributed by atoms with van der Waals surface area (Å²) in [4.78, 5) is 14.4. The molecule has 2 amide bonds. The number of rotatable bonds is 3. The molecule has 2 aromatic rings. The summed E-state index contributed by atoms with van der Waals surface area (Å²) in [5, 5.41) is 7.02. The van der Waals surface area contributed by atoms with Gasteiger partial charge in [-0.2, -0.15) is 5.10 Å². The van der Waals surface area contributed by atoms with Gasteiger partial charge in [-0.25, -0.2) is 4.79 Å². The van der Waals surface area contributed by atoms with Crippen LogP contribution < -0.4 is 5.32 Å². The second-order valence-corrected chi connectivity index (χ2v) is 6.25. The van der Waals surface area contributed by atoms with Gasteiger partial charge in [-0.3, -0.25) is 4.68 Å². The van der Waals surface area contributed by atoms with E-state index in [2.05, 4.69) is 47.7 Å². The first-order valence-electron chi connectivity index (χ1n) is 8.27. The third-order valence-corrected chi connectivity index (χ3v) is 4.73. The van der Waals surface area contributed by atoms with Crippen molar-refractivity contribution in [3.8, 4) is 0 Å². The Morgan fingerprint density at radius 1 is 1.35 bits per heavy atom. The van der Waals surface area contributed by atoms with Crippen molar-refractivity contribution in [1.29, 1.82) is 0 Å². The smallest absolute Gasteiger partial charge is 0.321 e. The standard InChI is InChI=1S/C18H24N4O/c1-3-14-12-22(18(23)20-16-11-19-21(2)13-16)10-9-17(14)15-7-5-4-6-8-15/h4-8,11,13-14,17H,3,9-10,12H2,1-2H3,(H,20,23)/t14-,17+/m1/s1. The molecule has 0 aliphatic carbocycles. The number of nitrogens with zero attached hydrogens (tertiary/aromatic N) is 3. The zero-order valence-electron chi connectivity index (χ0n) is 13.8. The van der Waals surface area contributed by atoms with Crippen LogP contribution >= 0.6 is 0 Å². The Hall–Kier alpha value is -2.30. The Labute approximate surface area is 137 Å². The predicted octanol–water partition coefficient (Wildman–Crippen LogP) is 3.47. The number of anilines is 1. The van der Waals surface area contributed by atoms with Gasteiger partial charge in [0.05, 0.1) is 11.9 Å². The maximum Gasteiger partial charge on any atom is 0.321 e. The summed E-state index contributed by atoms with van der Waals surface area (Å²) in [6.07, 6.45) is 5.58. The molecule has 1 fully saturated rings. The number of aryl methyl sites for hydroxylation is 1. The topological polar surface area (TPSA) is 50.2 Å². The van der Waals surface area contributed by atoms with E-state index in [0.29, 0.717) is 11.8 Å². The lowest BCUT2D eigenvalue weighted by atomic mass is 9.79. The average Bonchev–Trinajstić information content (AvgIpc) is 3.00. The lowest BCUT2D eigenvalue weighted by Crippen LogP contribution is -2.44. The highest BCUT2D eigenvalue weighted by Gasteiger charge is 2.31. The van der Waals surface area contributed by atoms with E-state index in [1.165, 1.54) is 5.56 Å². The van der Waals surface area contributed by atoms with E-state index in [9.17, 15) is 4.79 Å². The van der Waals surface area contributed by atoms with Crippen molar-refractivity contribution in [1.82, 2.24) is 14.7 Å². The fraction of sp³-hybridized carbons (Fsp3) is 0.444.